The van der Waals surface area contributed by atoms with Crippen molar-refractivity contribution in [3.8, 4) is 62.1 Å². The van der Waals surface area contributed by atoms with Crippen LogP contribution in [0.15, 0.2) is 223 Å². The van der Waals surface area contributed by atoms with Crippen LogP contribution in [-0.2, 0) is 5.41 Å². The number of fused-ring (bicyclic) bond motifs is 17. The van der Waals surface area contributed by atoms with E-state index < -0.39 is 5.41 Å². The SMILES string of the molecule is c1ccc(-c2nc(-c3cccc(-n4c5cccc6c7ccc8c(c7c7cccc4c7c65)-c4ccccc4C84c5ccccc5-c5ccccc54)c3)nc(-c3ccc4c(c3)oc3ccccc34)n2)cc1. The molecule has 0 saturated carbocycles. The summed E-state index contributed by atoms with van der Waals surface area (Å²) in [5.41, 5.74) is 18.0. The third-order valence-electron chi connectivity index (χ3n) is 15.2. The summed E-state index contributed by atoms with van der Waals surface area (Å²) in [5.74, 6) is 1.80. The van der Waals surface area contributed by atoms with Gasteiger partial charge in [0.1, 0.15) is 11.2 Å². The van der Waals surface area contributed by atoms with Gasteiger partial charge in [-0.3, -0.25) is 0 Å². The highest BCUT2D eigenvalue weighted by Gasteiger charge is 2.52. The molecule has 0 N–H and O–H groups in total. The van der Waals surface area contributed by atoms with Crippen molar-refractivity contribution in [1.29, 1.82) is 0 Å². The van der Waals surface area contributed by atoms with Crippen molar-refractivity contribution in [2.24, 2.45) is 0 Å². The highest BCUT2D eigenvalue weighted by Crippen LogP contribution is 2.64. The standard InChI is InChI=1S/C64H36N4O/c1-2-15-37(16-3-1)61-65-62(67-63(66-61)39-31-32-44-43-21-7-11-30-55(43)69-56(44)36-39)38-17-12-18-40(35-38)68-53-28-13-23-45-46-33-34-52-58(57(46)48-24-14-29-54(68)60(48)59(45)53)47-22-6-10-27-51(47)64(52)49-25-8-4-19-41(49)42-20-5-9-26-50(42)64/h1-36H. The quantitative estimate of drug-likeness (QED) is 0.165. The molecule has 0 saturated heterocycles. The van der Waals surface area contributed by atoms with Crippen molar-refractivity contribution in [3.05, 3.63) is 241 Å². The maximum Gasteiger partial charge on any atom is 0.164 e. The number of hydrogen-bond donors (Lipinski definition) is 0. The Bertz CT molecular complexity index is 4460. The van der Waals surface area contributed by atoms with Gasteiger partial charge >= 0.3 is 0 Å². The second kappa shape index (κ2) is 13.5. The van der Waals surface area contributed by atoms with E-state index in [9.17, 15) is 0 Å². The predicted molar refractivity (Wildman–Crippen MR) is 280 cm³/mol. The van der Waals surface area contributed by atoms with E-state index in [0.29, 0.717) is 17.5 Å². The van der Waals surface area contributed by atoms with Crippen molar-refractivity contribution < 1.29 is 4.42 Å². The third-order valence-corrected chi connectivity index (χ3v) is 15.2. The number of aromatic nitrogens is 4. The zero-order chi connectivity index (χ0) is 45.0. The van der Waals surface area contributed by atoms with Crippen LogP contribution >= 0.6 is 0 Å². The van der Waals surface area contributed by atoms with Crippen LogP contribution in [0, 0.1) is 0 Å². The van der Waals surface area contributed by atoms with Gasteiger partial charge in [0.05, 0.1) is 16.4 Å². The highest BCUT2D eigenvalue weighted by molar-refractivity contribution is 6.37. The number of benzene rings is 11. The number of para-hydroxylation sites is 1. The Kier molecular flexibility index (Phi) is 7.21. The molecule has 5 heteroatoms. The zero-order valence-electron chi connectivity index (χ0n) is 37.0. The van der Waals surface area contributed by atoms with Gasteiger partial charge in [-0.25, -0.2) is 15.0 Å². The van der Waals surface area contributed by atoms with E-state index in [0.717, 1.165) is 55.3 Å². The average molecular weight is 877 g/mol. The molecule has 2 aliphatic rings. The van der Waals surface area contributed by atoms with Gasteiger partial charge < -0.3 is 8.98 Å². The summed E-state index contributed by atoms with van der Waals surface area (Å²) >= 11 is 0. The van der Waals surface area contributed by atoms with Gasteiger partial charge in [-0.05, 0) is 109 Å². The van der Waals surface area contributed by atoms with Crippen molar-refractivity contribution in [2.45, 2.75) is 5.41 Å². The number of rotatable bonds is 4. The van der Waals surface area contributed by atoms with E-state index in [4.69, 9.17) is 19.4 Å². The lowest BCUT2D eigenvalue weighted by Crippen LogP contribution is -2.25. The monoisotopic (exact) mass is 876 g/mol. The molecule has 3 heterocycles. The van der Waals surface area contributed by atoms with E-state index in [2.05, 4.69) is 168 Å². The molecule has 0 unspecified atom stereocenters. The Morgan fingerprint density at radius 2 is 0.855 bits per heavy atom. The van der Waals surface area contributed by atoms with E-state index in [1.807, 2.05) is 54.6 Å². The van der Waals surface area contributed by atoms with Crippen LogP contribution in [0.3, 0.4) is 0 Å². The van der Waals surface area contributed by atoms with Crippen LogP contribution in [0.25, 0.3) is 127 Å². The summed E-state index contributed by atoms with van der Waals surface area (Å²) in [6.07, 6.45) is 0. The molecule has 1 spiro atoms. The molecule has 69 heavy (non-hydrogen) atoms. The maximum atomic E-state index is 6.32. The van der Waals surface area contributed by atoms with Crippen LogP contribution in [0.2, 0.25) is 0 Å². The van der Waals surface area contributed by atoms with E-state index in [1.54, 1.807) is 0 Å². The Hall–Kier alpha value is -9.19. The van der Waals surface area contributed by atoms with Crippen molar-refractivity contribution >= 4 is 65.3 Å². The second-order valence-corrected chi connectivity index (χ2v) is 18.6. The normalized spacial score (nSPS) is 13.3. The maximum absolute atomic E-state index is 6.32. The summed E-state index contributed by atoms with van der Waals surface area (Å²) < 4.78 is 8.76. The summed E-state index contributed by atoms with van der Waals surface area (Å²) in [7, 11) is 0. The Balaban J connectivity index is 0.919. The third kappa shape index (κ3) is 4.80. The largest absolute Gasteiger partial charge is 0.456 e. The van der Waals surface area contributed by atoms with Gasteiger partial charge in [0.25, 0.3) is 0 Å². The fourth-order valence-corrected chi connectivity index (χ4v) is 12.5. The molecule has 0 radical (unpaired) electrons. The first-order valence-corrected chi connectivity index (χ1v) is 23.6. The van der Waals surface area contributed by atoms with Crippen molar-refractivity contribution in [1.82, 2.24) is 19.5 Å². The molecular weight excluding hydrogens is 841 g/mol. The second-order valence-electron chi connectivity index (χ2n) is 18.6. The van der Waals surface area contributed by atoms with Gasteiger partial charge in [0.15, 0.2) is 17.5 Å². The molecule has 3 aromatic heterocycles. The van der Waals surface area contributed by atoms with Gasteiger partial charge in [0.2, 0.25) is 0 Å². The molecule has 0 bridgehead atoms. The Morgan fingerprint density at radius 1 is 0.333 bits per heavy atom. The van der Waals surface area contributed by atoms with Crippen molar-refractivity contribution in [3.63, 3.8) is 0 Å². The molecule has 0 atom stereocenters. The zero-order valence-corrected chi connectivity index (χ0v) is 37.0. The fraction of sp³-hybridized carbons (Fsp3) is 0.0156. The first kappa shape index (κ1) is 37.0. The lowest BCUT2D eigenvalue weighted by molar-refractivity contribution is 0.669. The molecule has 11 aromatic carbocycles. The molecular formula is C64H36N4O. The van der Waals surface area contributed by atoms with Gasteiger partial charge in [0, 0.05) is 43.9 Å². The van der Waals surface area contributed by atoms with E-state index in [1.165, 1.54) is 76.8 Å². The summed E-state index contributed by atoms with van der Waals surface area (Å²) in [6.45, 7) is 0. The Morgan fingerprint density at radius 3 is 1.61 bits per heavy atom. The molecule has 5 nitrogen and oxygen atoms in total. The molecule has 14 aromatic rings. The van der Waals surface area contributed by atoms with Gasteiger partial charge in [-0.1, -0.05) is 176 Å². The number of nitrogens with zero attached hydrogens (tertiary/aromatic N) is 4. The lowest BCUT2D eigenvalue weighted by Gasteiger charge is -2.30. The van der Waals surface area contributed by atoms with Crippen LogP contribution in [0.1, 0.15) is 22.3 Å². The molecule has 0 amide bonds. The summed E-state index contributed by atoms with van der Waals surface area (Å²) in [6, 6.07) is 79.0. The van der Waals surface area contributed by atoms with Crippen LogP contribution in [0.5, 0.6) is 0 Å². The highest BCUT2D eigenvalue weighted by atomic mass is 16.3. The minimum absolute atomic E-state index is 0.420. The van der Waals surface area contributed by atoms with Crippen LogP contribution in [-0.4, -0.2) is 19.5 Å². The van der Waals surface area contributed by atoms with E-state index in [-0.39, 0.29) is 0 Å². The first-order valence-electron chi connectivity index (χ1n) is 23.6. The van der Waals surface area contributed by atoms with Gasteiger partial charge in [-0.2, -0.15) is 0 Å². The average Bonchev–Trinajstić information content (AvgIpc) is 4.14. The Labute approximate surface area is 395 Å². The lowest BCUT2D eigenvalue weighted by atomic mass is 9.70. The predicted octanol–water partition coefficient (Wildman–Crippen LogP) is 16.0. The molecule has 0 aliphatic heterocycles. The molecule has 318 valence electrons. The number of hydrogen-bond acceptors (Lipinski definition) is 4. The molecule has 16 rings (SSSR count). The van der Waals surface area contributed by atoms with Crippen LogP contribution < -0.4 is 0 Å². The number of furan rings is 1. The van der Waals surface area contributed by atoms with Crippen LogP contribution in [0.4, 0.5) is 0 Å². The molecule has 0 fully saturated rings. The smallest absolute Gasteiger partial charge is 0.164 e. The summed E-state index contributed by atoms with van der Waals surface area (Å²) in [4.78, 5) is 15.4. The first-order chi connectivity index (χ1) is 34.2. The topological polar surface area (TPSA) is 56.7 Å². The molecule has 2 aliphatic carbocycles. The van der Waals surface area contributed by atoms with Gasteiger partial charge in [-0.15, -0.1) is 0 Å². The fourth-order valence-electron chi connectivity index (χ4n) is 12.5. The van der Waals surface area contributed by atoms with Crippen molar-refractivity contribution in [2.75, 3.05) is 0 Å². The minimum Gasteiger partial charge on any atom is -0.456 e. The van der Waals surface area contributed by atoms with E-state index >= 15 is 0 Å². The minimum atomic E-state index is -0.420. The summed E-state index contributed by atoms with van der Waals surface area (Å²) in [5, 5.41) is 9.79.